The molecule has 0 atom stereocenters. The lowest BCUT2D eigenvalue weighted by molar-refractivity contribution is -0.548. The fourth-order valence-electron chi connectivity index (χ4n) is 2.74. The average molecular weight is 356 g/mol. The molecule has 3 rings (SSSR count). The van der Waals surface area contributed by atoms with Crippen molar-refractivity contribution in [3.05, 3.63) is 35.8 Å². The van der Waals surface area contributed by atoms with Crippen LogP contribution < -0.4 is 10.0 Å². The molecule has 0 aliphatic carbocycles. The summed E-state index contributed by atoms with van der Waals surface area (Å²) in [5, 5.41) is 15.3. The summed E-state index contributed by atoms with van der Waals surface area (Å²) in [7, 11) is 0. The van der Waals surface area contributed by atoms with E-state index in [1.54, 1.807) is 39.0 Å². The molecule has 1 N–H and O–H groups in total. The Morgan fingerprint density at radius 2 is 2.04 bits per heavy atom. The first kappa shape index (κ1) is 18.0. The summed E-state index contributed by atoms with van der Waals surface area (Å²) in [5.74, 6) is 0. The van der Waals surface area contributed by atoms with Gasteiger partial charge in [-0.05, 0) is 39.3 Å². The first-order valence-electron chi connectivity index (χ1n) is 8.79. The number of benzene rings is 1. The molecular weight excluding hydrogens is 332 g/mol. The lowest BCUT2D eigenvalue weighted by Crippen LogP contribution is -2.29. The van der Waals surface area contributed by atoms with Gasteiger partial charge in [0.2, 0.25) is 5.52 Å². The van der Waals surface area contributed by atoms with Crippen molar-refractivity contribution < 1.29 is 14.3 Å². The Hall–Kier alpha value is -2.83. The number of unbranched alkanes of at least 4 members (excludes halogenated alkanes) is 1. The third-order valence-electron chi connectivity index (χ3n) is 3.91. The number of rotatable bonds is 4. The topological polar surface area (TPSA) is 83.1 Å². The zero-order valence-electron chi connectivity index (χ0n) is 15.6. The molecule has 0 unspecified atom stereocenters. The number of nitrogens with one attached hydrogen (secondary N) is 1. The minimum atomic E-state index is -0.579. The van der Waals surface area contributed by atoms with Crippen LogP contribution in [-0.4, -0.2) is 21.2 Å². The Bertz CT molecular complexity index is 957. The van der Waals surface area contributed by atoms with Gasteiger partial charge in [-0.25, -0.2) is 9.78 Å². The normalized spacial score (nSPS) is 11.8. The van der Waals surface area contributed by atoms with Crippen LogP contribution in [-0.2, 0) is 11.3 Å². The maximum absolute atomic E-state index is 12.6. The van der Waals surface area contributed by atoms with Crippen molar-refractivity contribution in [3.63, 3.8) is 0 Å². The van der Waals surface area contributed by atoms with Gasteiger partial charge in [0.1, 0.15) is 11.1 Å². The van der Waals surface area contributed by atoms with E-state index in [1.165, 1.54) is 0 Å². The van der Waals surface area contributed by atoms with E-state index in [0.717, 1.165) is 24.1 Å². The molecule has 1 aromatic carbocycles. The van der Waals surface area contributed by atoms with E-state index in [0.29, 0.717) is 27.8 Å². The van der Waals surface area contributed by atoms with E-state index in [-0.39, 0.29) is 0 Å². The van der Waals surface area contributed by atoms with Gasteiger partial charge in [0, 0.05) is 24.5 Å². The van der Waals surface area contributed by atoms with Crippen LogP contribution in [0.25, 0.3) is 22.1 Å². The molecule has 0 radical (unpaired) electrons. The standard InChI is InChI=1S/C19H24N4O3/c1-5-6-9-22-11-15-17(12-22)23(25)16-8-7-13(10-14(16)21-15)20-18(24)26-19(2,3)4/h7-8,10-12H,5-6,9H2,1-4H3,(H,20,24). The van der Waals surface area contributed by atoms with E-state index in [1.807, 2.05) is 17.0 Å². The molecule has 26 heavy (non-hydrogen) atoms. The molecular formula is C19H24N4O3. The predicted octanol–water partition coefficient (Wildman–Crippen LogP) is 3.97. The number of amides is 1. The largest absolute Gasteiger partial charge is 0.618 e. The number of nitrogens with zero attached hydrogens (tertiary/aromatic N) is 3. The van der Waals surface area contributed by atoms with Gasteiger partial charge in [0.15, 0.2) is 5.52 Å². The van der Waals surface area contributed by atoms with Crippen molar-refractivity contribution in [2.45, 2.75) is 52.7 Å². The lowest BCUT2D eigenvalue weighted by Gasteiger charge is -2.19. The molecule has 7 heteroatoms. The van der Waals surface area contributed by atoms with Gasteiger partial charge in [-0.3, -0.25) is 5.32 Å². The molecule has 7 nitrogen and oxygen atoms in total. The molecule has 2 aromatic heterocycles. The summed E-state index contributed by atoms with van der Waals surface area (Å²) in [5.41, 5.74) is 2.11. The molecule has 0 saturated carbocycles. The zero-order valence-corrected chi connectivity index (χ0v) is 15.6. The van der Waals surface area contributed by atoms with Crippen LogP contribution in [0.3, 0.4) is 0 Å². The fourth-order valence-corrected chi connectivity index (χ4v) is 2.74. The summed E-state index contributed by atoms with van der Waals surface area (Å²) >= 11 is 0. The number of aromatic nitrogens is 3. The number of fused-ring (bicyclic) bond motifs is 2. The van der Waals surface area contributed by atoms with Crippen LogP contribution in [0, 0.1) is 5.21 Å². The Kier molecular flexibility index (Phi) is 4.71. The molecule has 0 saturated heterocycles. The molecule has 0 spiro atoms. The number of carbonyl (C=O) groups excluding carboxylic acids is 1. The second kappa shape index (κ2) is 6.82. The summed E-state index contributed by atoms with van der Waals surface area (Å²) in [6, 6.07) is 5.00. The third kappa shape index (κ3) is 3.87. The highest BCUT2D eigenvalue weighted by Crippen LogP contribution is 2.20. The summed E-state index contributed by atoms with van der Waals surface area (Å²) in [6.07, 6.45) is 5.30. The second-order valence-electron chi connectivity index (χ2n) is 7.36. The van der Waals surface area contributed by atoms with Gasteiger partial charge < -0.3 is 14.5 Å². The van der Waals surface area contributed by atoms with Crippen LogP contribution >= 0.6 is 0 Å². The Labute approximate surface area is 152 Å². The molecule has 0 aliphatic rings. The molecule has 0 fully saturated rings. The van der Waals surface area contributed by atoms with E-state index < -0.39 is 11.7 Å². The number of hydrogen-bond donors (Lipinski definition) is 1. The van der Waals surface area contributed by atoms with E-state index >= 15 is 0 Å². The summed E-state index contributed by atoms with van der Waals surface area (Å²) < 4.78 is 8.13. The smallest absolute Gasteiger partial charge is 0.412 e. The monoisotopic (exact) mass is 356 g/mol. The number of ether oxygens (including phenoxy) is 1. The molecule has 138 valence electrons. The SMILES string of the molecule is CCCCn1cc2nc3cc(NC(=O)OC(C)(C)C)ccc3[n+]([O-])c2c1. The summed E-state index contributed by atoms with van der Waals surface area (Å²) in [6.45, 7) is 8.38. The number of anilines is 1. The van der Waals surface area contributed by atoms with Crippen molar-refractivity contribution in [3.8, 4) is 0 Å². The maximum atomic E-state index is 12.6. The van der Waals surface area contributed by atoms with E-state index in [2.05, 4.69) is 17.2 Å². The first-order chi connectivity index (χ1) is 12.3. The highest BCUT2D eigenvalue weighted by molar-refractivity contribution is 5.89. The predicted molar refractivity (Wildman–Crippen MR) is 101 cm³/mol. The van der Waals surface area contributed by atoms with Crippen LogP contribution in [0.1, 0.15) is 40.5 Å². The fraction of sp³-hybridized carbons (Fsp3) is 0.421. The Balaban J connectivity index is 1.93. The molecule has 1 amide bonds. The van der Waals surface area contributed by atoms with Crippen molar-refractivity contribution >= 4 is 33.8 Å². The quantitative estimate of drug-likeness (QED) is 0.566. The van der Waals surface area contributed by atoms with E-state index in [9.17, 15) is 10.0 Å². The van der Waals surface area contributed by atoms with Crippen LogP contribution in [0.15, 0.2) is 30.6 Å². The van der Waals surface area contributed by atoms with Crippen molar-refractivity contribution in [1.29, 1.82) is 0 Å². The van der Waals surface area contributed by atoms with Crippen LogP contribution in [0.2, 0.25) is 0 Å². The van der Waals surface area contributed by atoms with Gasteiger partial charge in [-0.15, -0.1) is 0 Å². The average Bonchev–Trinajstić information content (AvgIpc) is 2.94. The van der Waals surface area contributed by atoms with Gasteiger partial charge in [0.05, 0.1) is 6.20 Å². The lowest BCUT2D eigenvalue weighted by atomic mass is 10.2. The Morgan fingerprint density at radius 3 is 2.73 bits per heavy atom. The van der Waals surface area contributed by atoms with Crippen LogP contribution in [0.5, 0.6) is 0 Å². The Morgan fingerprint density at radius 1 is 1.27 bits per heavy atom. The molecule has 0 aliphatic heterocycles. The third-order valence-corrected chi connectivity index (χ3v) is 3.91. The highest BCUT2D eigenvalue weighted by Gasteiger charge is 2.18. The second-order valence-corrected chi connectivity index (χ2v) is 7.36. The summed E-state index contributed by atoms with van der Waals surface area (Å²) in [4.78, 5) is 16.5. The number of aryl methyl sites for hydroxylation is 1. The van der Waals surface area contributed by atoms with E-state index in [4.69, 9.17) is 4.74 Å². The van der Waals surface area contributed by atoms with Crippen molar-refractivity contribution in [2.75, 3.05) is 5.32 Å². The molecule has 2 heterocycles. The van der Waals surface area contributed by atoms with Crippen molar-refractivity contribution in [2.24, 2.45) is 0 Å². The van der Waals surface area contributed by atoms with Gasteiger partial charge >= 0.3 is 6.09 Å². The zero-order chi connectivity index (χ0) is 18.9. The van der Waals surface area contributed by atoms with Crippen LogP contribution in [0.4, 0.5) is 10.5 Å². The maximum Gasteiger partial charge on any atom is 0.412 e. The molecule has 3 aromatic rings. The number of hydrogen-bond acceptors (Lipinski definition) is 4. The van der Waals surface area contributed by atoms with Gasteiger partial charge in [-0.2, -0.15) is 4.73 Å². The number of carbonyl (C=O) groups is 1. The molecule has 0 bridgehead atoms. The van der Waals surface area contributed by atoms with Crippen molar-refractivity contribution in [1.82, 2.24) is 9.55 Å². The minimum Gasteiger partial charge on any atom is -0.618 e. The van der Waals surface area contributed by atoms with Gasteiger partial charge in [-0.1, -0.05) is 13.3 Å². The minimum absolute atomic E-state index is 0.459. The highest BCUT2D eigenvalue weighted by atomic mass is 16.6. The first-order valence-corrected chi connectivity index (χ1v) is 8.79. The van der Waals surface area contributed by atoms with Gasteiger partial charge in [0.25, 0.3) is 5.52 Å².